The van der Waals surface area contributed by atoms with E-state index in [2.05, 4.69) is 4.72 Å². The first-order valence-corrected chi connectivity index (χ1v) is 8.73. The molecule has 0 unspecified atom stereocenters. The second-order valence-electron chi connectivity index (χ2n) is 5.22. The topological polar surface area (TPSA) is 98.5 Å². The van der Waals surface area contributed by atoms with Gasteiger partial charge in [-0.1, -0.05) is 24.3 Å². The molecule has 7 nitrogen and oxygen atoms in total. The van der Waals surface area contributed by atoms with Crippen molar-refractivity contribution in [3.05, 3.63) is 63.7 Å². The number of sulfonamides is 1. The van der Waals surface area contributed by atoms with Crippen LogP contribution in [0.4, 0.5) is 5.69 Å². The van der Waals surface area contributed by atoms with Crippen LogP contribution in [0.5, 0.6) is 5.75 Å². The lowest BCUT2D eigenvalue weighted by Crippen LogP contribution is -2.28. The Labute approximate surface area is 140 Å². The molecule has 0 saturated carbocycles. The Balaban J connectivity index is 2.00. The fourth-order valence-corrected chi connectivity index (χ4v) is 3.12. The monoisotopic (exact) mass is 350 g/mol. The van der Waals surface area contributed by atoms with Crippen LogP contribution in [0, 0.1) is 24.0 Å². The van der Waals surface area contributed by atoms with Crippen molar-refractivity contribution in [2.75, 3.05) is 13.2 Å². The van der Waals surface area contributed by atoms with Gasteiger partial charge in [-0.25, -0.2) is 13.1 Å². The molecule has 2 aromatic carbocycles. The summed E-state index contributed by atoms with van der Waals surface area (Å²) in [5, 5.41) is 10.9. The van der Waals surface area contributed by atoms with Gasteiger partial charge in [-0.3, -0.25) is 10.1 Å². The van der Waals surface area contributed by atoms with Crippen LogP contribution >= 0.6 is 0 Å². The Kier molecular flexibility index (Phi) is 5.53. The van der Waals surface area contributed by atoms with E-state index in [4.69, 9.17) is 4.74 Å². The highest BCUT2D eigenvalue weighted by Gasteiger charge is 2.19. The van der Waals surface area contributed by atoms with E-state index in [1.54, 1.807) is 13.0 Å². The van der Waals surface area contributed by atoms with Gasteiger partial charge in [-0.15, -0.1) is 0 Å². The van der Waals surface area contributed by atoms with E-state index in [-0.39, 0.29) is 23.7 Å². The maximum Gasteiger partial charge on any atom is 0.273 e. The van der Waals surface area contributed by atoms with Crippen molar-refractivity contribution in [1.82, 2.24) is 4.72 Å². The smallest absolute Gasteiger partial charge is 0.273 e. The fourth-order valence-electron chi connectivity index (χ4n) is 2.09. The number of aryl methyl sites for hydroxylation is 2. The Morgan fingerprint density at radius 3 is 2.50 bits per heavy atom. The number of benzene rings is 2. The molecule has 0 aromatic heterocycles. The normalized spacial score (nSPS) is 11.2. The van der Waals surface area contributed by atoms with Gasteiger partial charge in [0.1, 0.15) is 12.4 Å². The number of para-hydroxylation sites is 1. The van der Waals surface area contributed by atoms with Crippen molar-refractivity contribution >= 4 is 15.7 Å². The van der Waals surface area contributed by atoms with Gasteiger partial charge in [0, 0.05) is 18.2 Å². The summed E-state index contributed by atoms with van der Waals surface area (Å²) in [4.78, 5) is 10.2. The van der Waals surface area contributed by atoms with Gasteiger partial charge in [-0.05, 0) is 31.5 Å². The maximum absolute atomic E-state index is 12.2. The van der Waals surface area contributed by atoms with Crippen LogP contribution in [-0.4, -0.2) is 26.5 Å². The predicted molar refractivity (Wildman–Crippen MR) is 89.7 cm³/mol. The summed E-state index contributed by atoms with van der Waals surface area (Å²) in [6, 6.07) is 11.2. The van der Waals surface area contributed by atoms with Crippen molar-refractivity contribution in [2.45, 2.75) is 18.7 Å². The van der Waals surface area contributed by atoms with E-state index in [9.17, 15) is 18.5 Å². The first-order chi connectivity index (χ1) is 11.3. The molecule has 0 amide bonds. The van der Waals surface area contributed by atoms with Crippen LogP contribution < -0.4 is 9.46 Å². The van der Waals surface area contributed by atoms with Crippen LogP contribution in [0.15, 0.2) is 47.4 Å². The van der Waals surface area contributed by atoms with Gasteiger partial charge in [0.25, 0.3) is 5.69 Å². The highest BCUT2D eigenvalue weighted by Crippen LogP contribution is 2.22. The summed E-state index contributed by atoms with van der Waals surface area (Å²) < 4.78 is 32.3. The number of nitrogens with zero attached hydrogens (tertiary/aromatic N) is 1. The largest absolute Gasteiger partial charge is 0.492 e. The molecule has 0 spiro atoms. The Bertz CT molecular complexity index is 849. The molecule has 0 heterocycles. The van der Waals surface area contributed by atoms with Crippen molar-refractivity contribution in [3.63, 3.8) is 0 Å². The van der Waals surface area contributed by atoms with E-state index >= 15 is 0 Å². The summed E-state index contributed by atoms with van der Waals surface area (Å²) in [5.41, 5.74) is 1.13. The first-order valence-electron chi connectivity index (χ1n) is 7.24. The third kappa shape index (κ3) is 4.30. The summed E-state index contributed by atoms with van der Waals surface area (Å²) in [6.45, 7) is 3.65. The quantitative estimate of drug-likeness (QED) is 0.470. The molecule has 2 rings (SSSR count). The first kappa shape index (κ1) is 17.9. The average molecular weight is 350 g/mol. The van der Waals surface area contributed by atoms with Gasteiger partial charge >= 0.3 is 0 Å². The number of hydrogen-bond acceptors (Lipinski definition) is 5. The third-order valence-electron chi connectivity index (χ3n) is 3.43. The molecule has 0 atom stereocenters. The lowest BCUT2D eigenvalue weighted by atomic mass is 10.2. The number of nitrogens with one attached hydrogen (secondary N) is 1. The fraction of sp³-hybridized carbons (Fsp3) is 0.250. The summed E-state index contributed by atoms with van der Waals surface area (Å²) in [5.74, 6) is 0.683. The molecular formula is C16H18N2O5S. The summed E-state index contributed by atoms with van der Waals surface area (Å²) in [7, 11) is -3.83. The molecule has 0 bridgehead atoms. The van der Waals surface area contributed by atoms with E-state index in [1.807, 2.05) is 25.1 Å². The van der Waals surface area contributed by atoms with Crippen LogP contribution in [0.3, 0.4) is 0 Å². The van der Waals surface area contributed by atoms with Gasteiger partial charge in [-0.2, -0.15) is 0 Å². The van der Waals surface area contributed by atoms with Gasteiger partial charge in [0.2, 0.25) is 10.0 Å². The number of hydrogen-bond donors (Lipinski definition) is 1. The van der Waals surface area contributed by atoms with Crippen molar-refractivity contribution < 1.29 is 18.1 Å². The molecule has 8 heteroatoms. The predicted octanol–water partition coefficient (Wildman–Crippen LogP) is 2.57. The highest BCUT2D eigenvalue weighted by molar-refractivity contribution is 7.89. The zero-order valence-corrected chi connectivity index (χ0v) is 14.2. The minimum absolute atomic E-state index is 0.0539. The van der Waals surface area contributed by atoms with Crippen LogP contribution in [0.1, 0.15) is 11.1 Å². The van der Waals surface area contributed by atoms with Gasteiger partial charge in [0.05, 0.1) is 9.82 Å². The SMILES string of the molecule is Cc1ccccc1OCCNS(=O)(=O)c1ccc(C)c([N+](=O)[O-])c1. The molecule has 0 fully saturated rings. The van der Waals surface area contributed by atoms with Gasteiger partial charge < -0.3 is 4.74 Å². The maximum atomic E-state index is 12.2. The molecule has 1 N–H and O–H groups in total. The zero-order chi connectivity index (χ0) is 17.7. The van der Waals surface area contributed by atoms with Crippen molar-refractivity contribution in [2.24, 2.45) is 0 Å². The number of ether oxygens (including phenoxy) is 1. The summed E-state index contributed by atoms with van der Waals surface area (Å²) in [6.07, 6.45) is 0. The number of rotatable bonds is 7. The lowest BCUT2D eigenvalue weighted by Gasteiger charge is -2.10. The minimum Gasteiger partial charge on any atom is -0.492 e. The number of nitro groups is 1. The van der Waals surface area contributed by atoms with Crippen LogP contribution in [0.25, 0.3) is 0 Å². The van der Waals surface area contributed by atoms with Crippen molar-refractivity contribution in [1.29, 1.82) is 0 Å². The van der Waals surface area contributed by atoms with Crippen LogP contribution in [0.2, 0.25) is 0 Å². The highest BCUT2D eigenvalue weighted by atomic mass is 32.2. The zero-order valence-electron chi connectivity index (χ0n) is 13.4. The third-order valence-corrected chi connectivity index (χ3v) is 4.89. The molecule has 24 heavy (non-hydrogen) atoms. The number of nitro benzene ring substituents is 1. The molecule has 0 radical (unpaired) electrons. The van der Waals surface area contributed by atoms with Crippen LogP contribution in [-0.2, 0) is 10.0 Å². The molecule has 0 aliphatic heterocycles. The molecule has 0 aliphatic rings. The molecule has 128 valence electrons. The molecule has 2 aromatic rings. The van der Waals surface area contributed by atoms with E-state index in [0.717, 1.165) is 11.6 Å². The second-order valence-corrected chi connectivity index (χ2v) is 6.98. The standard InChI is InChI=1S/C16H18N2O5S/c1-12-7-8-14(11-15(12)18(19)20)24(21,22)17-9-10-23-16-6-4-3-5-13(16)2/h3-8,11,17H,9-10H2,1-2H3. The van der Waals surface area contributed by atoms with E-state index in [0.29, 0.717) is 11.3 Å². The summed E-state index contributed by atoms with van der Waals surface area (Å²) >= 11 is 0. The van der Waals surface area contributed by atoms with Gasteiger partial charge in [0.15, 0.2) is 0 Å². The minimum atomic E-state index is -3.83. The average Bonchev–Trinajstić information content (AvgIpc) is 2.53. The molecule has 0 aliphatic carbocycles. The van der Waals surface area contributed by atoms with E-state index in [1.165, 1.54) is 12.1 Å². The molecular weight excluding hydrogens is 332 g/mol. The van der Waals surface area contributed by atoms with Crippen molar-refractivity contribution in [3.8, 4) is 5.75 Å². The molecule has 0 saturated heterocycles. The Morgan fingerprint density at radius 1 is 1.12 bits per heavy atom. The second kappa shape index (κ2) is 7.41. The lowest BCUT2D eigenvalue weighted by molar-refractivity contribution is -0.385. The van der Waals surface area contributed by atoms with E-state index < -0.39 is 14.9 Å². The Hall–Kier alpha value is -2.45. The Morgan fingerprint density at radius 2 is 1.83 bits per heavy atom.